The largest absolute Gasteiger partial charge is 0.494 e. The Morgan fingerprint density at radius 1 is 1.04 bits per heavy atom. The predicted molar refractivity (Wildman–Crippen MR) is 102 cm³/mol. The van der Waals surface area contributed by atoms with Crippen molar-refractivity contribution in [2.24, 2.45) is 5.92 Å². The van der Waals surface area contributed by atoms with E-state index < -0.39 is 0 Å². The third-order valence-electron chi connectivity index (χ3n) is 4.43. The molecule has 4 rings (SSSR count). The summed E-state index contributed by atoms with van der Waals surface area (Å²) in [4.78, 5) is 0. The van der Waals surface area contributed by atoms with Crippen LogP contribution < -0.4 is 15.3 Å². The quantitative estimate of drug-likeness (QED) is 0.863. The molecule has 128 valence electrons. The Hall–Kier alpha value is -2.72. The van der Waals surface area contributed by atoms with E-state index in [1.165, 1.54) is 11.1 Å². The highest BCUT2D eigenvalue weighted by Gasteiger charge is 2.25. The van der Waals surface area contributed by atoms with Gasteiger partial charge in [-0.15, -0.1) is 5.53 Å². The van der Waals surface area contributed by atoms with Gasteiger partial charge in [0.2, 0.25) is 0 Å². The minimum atomic E-state index is 0.649. The number of benzene rings is 2. The van der Waals surface area contributed by atoms with Crippen LogP contribution in [0.25, 0.3) is 11.8 Å². The van der Waals surface area contributed by atoms with Gasteiger partial charge in [-0.1, -0.05) is 44.2 Å². The molecule has 4 heteroatoms. The van der Waals surface area contributed by atoms with Crippen molar-refractivity contribution < 1.29 is 4.74 Å². The number of ether oxygens (including phenoxy) is 1. The molecule has 2 aliphatic rings. The van der Waals surface area contributed by atoms with Crippen LogP contribution in [-0.2, 0) is 0 Å². The number of nitrogens with zero attached hydrogens (tertiary/aromatic N) is 2. The van der Waals surface area contributed by atoms with Gasteiger partial charge >= 0.3 is 0 Å². The summed E-state index contributed by atoms with van der Waals surface area (Å²) in [5.41, 5.74) is 8.04. The molecule has 0 unspecified atom stereocenters. The van der Waals surface area contributed by atoms with Gasteiger partial charge in [-0.3, -0.25) is 10.0 Å². The van der Waals surface area contributed by atoms with E-state index >= 15 is 0 Å². The lowest BCUT2D eigenvalue weighted by Crippen LogP contribution is -2.37. The molecule has 0 fully saturated rings. The summed E-state index contributed by atoms with van der Waals surface area (Å²) in [6.07, 6.45) is 7.35. The molecular weight excluding hydrogens is 310 g/mol. The molecule has 0 saturated carbocycles. The van der Waals surface area contributed by atoms with Gasteiger partial charge in [0.25, 0.3) is 0 Å². The molecule has 0 bridgehead atoms. The minimum Gasteiger partial charge on any atom is -0.494 e. The lowest BCUT2D eigenvalue weighted by atomic mass is 10.0. The second kappa shape index (κ2) is 6.65. The molecule has 0 saturated heterocycles. The fourth-order valence-corrected chi connectivity index (χ4v) is 2.99. The molecule has 0 radical (unpaired) electrons. The van der Waals surface area contributed by atoms with Gasteiger partial charge in [-0.2, -0.15) is 0 Å². The first-order valence-electron chi connectivity index (χ1n) is 8.78. The maximum atomic E-state index is 5.89. The Labute approximate surface area is 149 Å². The monoisotopic (exact) mass is 333 g/mol. The molecular formula is C21H23N3O. The number of fused-ring (bicyclic) bond motifs is 3. The zero-order chi connectivity index (χ0) is 17.2. The van der Waals surface area contributed by atoms with E-state index in [1.807, 2.05) is 22.2 Å². The van der Waals surface area contributed by atoms with E-state index in [0.29, 0.717) is 5.92 Å². The first kappa shape index (κ1) is 15.8. The standard InChI is InChI=1S/C21H23N3O/c1-16(2)11-13-25-19-8-5-7-18(14-19)24-15-21-20-9-4-3-6-17(20)10-12-23(21)22-24/h3-10,12,14-16,22H,11,13H2,1-2H3. The maximum absolute atomic E-state index is 5.89. The Kier molecular flexibility index (Phi) is 4.20. The molecule has 2 aromatic rings. The second-order valence-corrected chi connectivity index (χ2v) is 6.79. The summed E-state index contributed by atoms with van der Waals surface area (Å²) in [7, 11) is 0. The van der Waals surface area contributed by atoms with Gasteiger partial charge in [0.05, 0.1) is 18.0 Å². The zero-order valence-corrected chi connectivity index (χ0v) is 14.6. The first-order chi connectivity index (χ1) is 12.2. The van der Waals surface area contributed by atoms with E-state index in [2.05, 4.69) is 74.3 Å². The van der Waals surface area contributed by atoms with Crippen molar-refractivity contribution in [3.63, 3.8) is 0 Å². The van der Waals surface area contributed by atoms with Crippen molar-refractivity contribution in [1.82, 2.24) is 10.5 Å². The van der Waals surface area contributed by atoms with Crippen molar-refractivity contribution in [2.45, 2.75) is 20.3 Å². The summed E-state index contributed by atoms with van der Waals surface area (Å²) in [6, 6.07) is 16.6. The number of hydrogen-bond acceptors (Lipinski definition) is 4. The number of hydrazine groups is 2. The van der Waals surface area contributed by atoms with Gasteiger partial charge in [0.15, 0.2) is 0 Å². The Bertz CT molecular complexity index is 825. The van der Waals surface area contributed by atoms with E-state index in [0.717, 1.165) is 30.2 Å². The van der Waals surface area contributed by atoms with Crippen molar-refractivity contribution in [3.8, 4) is 5.75 Å². The van der Waals surface area contributed by atoms with Crippen molar-refractivity contribution in [2.75, 3.05) is 11.6 Å². The molecule has 2 heterocycles. The highest BCUT2D eigenvalue weighted by Crippen LogP contribution is 2.33. The summed E-state index contributed by atoms with van der Waals surface area (Å²) < 4.78 is 5.89. The van der Waals surface area contributed by atoms with Gasteiger partial charge in [0.1, 0.15) is 5.75 Å². The summed E-state index contributed by atoms with van der Waals surface area (Å²) in [6.45, 7) is 5.17. The van der Waals surface area contributed by atoms with Crippen LogP contribution in [0.3, 0.4) is 0 Å². The third-order valence-corrected chi connectivity index (χ3v) is 4.43. The van der Waals surface area contributed by atoms with E-state index in [4.69, 9.17) is 4.74 Å². The number of hydrogen-bond donors (Lipinski definition) is 1. The fourth-order valence-electron chi connectivity index (χ4n) is 2.99. The van der Waals surface area contributed by atoms with Crippen LogP contribution in [0.2, 0.25) is 0 Å². The summed E-state index contributed by atoms with van der Waals surface area (Å²) in [5, 5.41) is 4.06. The van der Waals surface area contributed by atoms with Gasteiger partial charge < -0.3 is 4.74 Å². The summed E-state index contributed by atoms with van der Waals surface area (Å²) >= 11 is 0. The normalized spacial score (nSPS) is 15.2. The maximum Gasteiger partial charge on any atom is 0.121 e. The van der Waals surface area contributed by atoms with E-state index in [9.17, 15) is 0 Å². The van der Waals surface area contributed by atoms with E-state index in [-0.39, 0.29) is 0 Å². The fraction of sp³-hybridized carbons (Fsp3) is 0.238. The number of rotatable bonds is 5. The third kappa shape index (κ3) is 3.26. The number of anilines is 1. The molecule has 0 amide bonds. The lowest BCUT2D eigenvalue weighted by Gasteiger charge is -2.24. The Morgan fingerprint density at radius 3 is 2.80 bits per heavy atom. The van der Waals surface area contributed by atoms with Crippen LogP contribution >= 0.6 is 0 Å². The molecule has 2 aromatic carbocycles. The van der Waals surface area contributed by atoms with E-state index in [1.54, 1.807) is 0 Å². The lowest BCUT2D eigenvalue weighted by molar-refractivity contribution is 0.289. The highest BCUT2D eigenvalue weighted by molar-refractivity contribution is 5.80. The first-order valence-corrected chi connectivity index (χ1v) is 8.78. The van der Waals surface area contributed by atoms with Gasteiger partial charge in [-0.05, 0) is 36.1 Å². The number of nitrogens with one attached hydrogen (secondary N) is 1. The molecule has 25 heavy (non-hydrogen) atoms. The van der Waals surface area contributed by atoms with Crippen molar-refractivity contribution >= 4 is 17.5 Å². The SMILES string of the molecule is CC(C)CCOc1cccc(N2C=C3c4ccccc4C=CN3N2)c1. The Balaban J connectivity index is 1.54. The molecule has 0 atom stereocenters. The van der Waals surface area contributed by atoms with Crippen LogP contribution in [0.4, 0.5) is 5.69 Å². The second-order valence-electron chi connectivity index (χ2n) is 6.79. The molecule has 2 aliphatic heterocycles. The predicted octanol–water partition coefficient (Wildman–Crippen LogP) is 4.64. The molecule has 4 nitrogen and oxygen atoms in total. The van der Waals surface area contributed by atoms with Crippen LogP contribution in [0.1, 0.15) is 31.4 Å². The van der Waals surface area contributed by atoms with Crippen molar-refractivity contribution in [3.05, 3.63) is 72.1 Å². The van der Waals surface area contributed by atoms with Crippen LogP contribution in [-0.4, -0.2) is 11.6 Å². The van der Waals surface area contributed by atoms with Crippen molar-refractivity contribution in [1.29, 1.82) is 0 Å². The highest BCUT2D eigenvalue weighted by atomic mass is 16.5. The van der Waals surface area contributed by atoms with Crippen LogP contribution in [0.15, 0.2) is 60.9 Å². The summed E-state index contributed by atoms with van der Waals surface area (Å²) in [5.74, 6) is 1.55. The molecule has 0 spiro atoms. The van der Waals surface area contributed by atoms with Gasteiger partial charge in [0, 0.05) is 24.0 Å². The van der Waals surface area contributed by atoms with Crippen LogP contribution in [0.5, 0.6) is 5.75 Å². The average Bonchev–Trinajstić information content (AvgIpc) is 3.06. The topological polar surface area (TPSA) is 27.7 Å². The molecule has 0 aliphatic carbocycles. The zero-order valence-electron chi connectivity index (χ0n) is 14.6. The average molecular weight is 333 g/mol. The van der Waals surface area contributed by atoms with Crippen LogP contribution in [0, 0.1) is 5.92 Å². The smallest absolute Gasteiger partial charge is 0.121 e. The minimum absolute atomic E-state index is 0.649. The molecule has 0 aromatic heterocycles. The Morgan fingerprint density at radius 2 is 1.92 bits per heavy atom. The van der Waals surface area contributed by atoms with Gasteiger partial charge in [-0.25, -0.2) is 0 Å². The molecule has 1 N–H and O–H groups in total.